The lowest BCUT2D eigenvalue weighted by Gasteiger charge is -2.22. The number of hydrogen-bond donors (Lipinski definition) is 2. The van der Waals surface area contributed by atoms with Crippen molar-refractivity contribution in [2.75, 3.05) is 46.9 Å². The fourth-order valence-corrected chi connectivity index (χ4v) is 7.58. The Morgan fingerprint density at radius 1 is 0.559 bits per heavy atom. The summed E-state index contributed by atoms with van der Waals surface area (Å²) in [6.07, 6.45) is 38.4. The maximum Gasteiger partial charge on any atom is 0.362 e. The number of guanidine groups is 1. The predicted octanol–water partition coefficient (Wildman–Crippen LogP) is 12.7. The summed E-state index contributed by atoms with van der Waals surface area (Å²) < 4.78 is 11.5. The molecule has 0 rings (SSSR count). The molecule has 59 heavy (non-hydrogen) atoms. The number of nitrogens with one attached hydrogen (secondary N) is 1. The van der Waals surface area contributed by atoms with Crippen molar-refractivity contribution in [3.63, 3.8) is 0 Å². The Labute approximate surface area is 363 Å². The van der Waals surface area contributed by atoms with E-state index < -0.39 is 0 Å². The zero-order valence-electron chi connectivity index (χ0n) is 39.4. The van der Waals surface area contributed by atoms with Gasteiger partial charge in [-0.2, -0.15) is 0 Å². The number of aliphatic imine (C=N–C) groups is 1. The van der Waals surface area contributed by atoms with Gasteiger partial charge in [0.1, 0.15) is 11.0 Å². The molecule has 0 amide bonds. The zero-order valence-corrected chi connectivity index (χ0v) is 39.4. The summed E-state index contributed by atoms with van der Waals surface area (Å²) in [5.74, 6) is 0.269. The molecule has 11 nitrogen and oxygen atoms in total. The summed E-state index contributed by atoms with van der Waals surface area (Å²) in [4.78, 5) is 44.7. The first-order valence-electron chi connectivity index (χ1n) is 24.9. The third-order valence-corrected chi connectivity index (χ3v) is 11.3. The highest BCUT2D eigenvalue weighted by Gasteiger charge is 2.15. The van der Waals surface area contributed by atoms with E-state index in [0.29, 0.717) is 32.0 Å². The molecule has 0 spiro atoms. The van der Waals surface area contributed by atoms with E-state index in [9.17, 15) is 14.5 Å². The van der Waals surface area contributed by atoms with Crippen molar-refractivity contribution in [3.05, 3.63) is 4.91 Å². The first-order chi connectivity index (χ1) is 28.7. The summed E-state index contributed by atoms with van der Waals surface area (Å²) in [6.45, 7) is 10.8. The maximum atomic E-state index is 12.8. The molecular weight excluding hydrogens is 743 g/mol. The van der Waals surface area contributed by atoms with Crippen LogP contribution in [0.3, 0.4) is 0 Å². The van der Waals surface area contributed by atoms with Gasteiger partial charge in [0.05, 0.1) is 6.61 Å². The van der Waals surface area contributed by atoms with Crippen molar-refractivity contribution < 1.29 is 29.3 Å². The Bertz CT molecular complexity index is 981. The third kappa shape index (κ3) is 40.7. The van der Waals surface area contributed by atoms with Crippen LogP contribution in [0.1, 0.15) is 239 Å². The number of esters is 2. The Balaban J connectivity index is 4.57. The van der Waals surface area contributed by atoms with Crippen LogP contribution in [0.15, 0.2) is 4.99 Å². The Morgan fingerprint density at radius 2 is 0.966 bits per heavy atom. The number of hydrogen-bond acceptors (Lipinski definition) is 7. The monoisotopic (exact) mass is 839 g/mol. The second-order valence-corrected chi connectivity index (χ2v) is 17.3. The standard InChI is InChI=1S/C48H96N5O6/c1-6-9-12-15-18-27-34-44-58-46(54)38-30-23-19-25-32-41-52(43-35-40-49-48(51(4)5)50-53(56)57)42-33-26-20-24-31-39-47(55)59-45(36-28-21-16-13-10-7-2)37-29-22-17-14-11-8-3/h45H,6-44H2,1-5H3,(H,49,50)(H,56,57)/q+1. The van der Waals surface area contributed by atoms with Crippen molar-refractivity contribution in [2.24, 2.45) is 4.99 Å². The second kappa shape index (κ2) is 43.7. The molecule has 348 valence electrons. The van der Waals surface area contributed by atoms with Gasteiger partial charge in [-0.3, -0.25) is 9.59 Å². The molecular formula is C48H96N5O6+. The van der Waals surface area contributed by atoms with Gasteiger partial charge < -0.3 is 19.3 Å². The van der Waals surface area contributed by atoms with Crippen LogP contribution in [0.2, 0.25) is 0 Å². The Hall–Kier alpha value is -2.43. The zero-order chi connectivity index (χ0) is 43.4. The van der Waals surface area contributed by atoms with Crippen LogP contribution < -0.4 is 5.43 Å². The molecule has 11 heteroatoms. The SMILES string of the molecule is CCCCCCCCCOC(=O)CCCCCCCN(CCCCCCCC(=O)OC(CCCCCCCC)CCCCCCCC)CCCN=C(N[N+](=O)O)N(C)C. The lowest BCUT2D eigenvalue weighted by Crippen LogP contribution is -2.40. The van der Waals surface area contributed by atoms with E-state index in [1.54, 1.807) is 19.0 Å². The average molecular weight is 839 g/mol. The predicted molar refractivity (Wildman–Crippen MR) is 246 cm³/mol. The summed E-state index contributed by atoms with van der Waals surface area (Å²) in [5.41, 5.74) is 2.30. The second-order valence-electron chi connectivity index (χ2n) is 17.3. The Morgan fingerprint density at radius 3 is 1.44 bits per heavy atom. The van der Waals surface area contributed by atoms with Gasteiger partial charge in [-0.1, -0.05) is 162 Å². The summed E-state index contributed by atoms with van der Waals surface area (Å²) in [7, 11) is 3.55. The first-order valence-corrected chi connectivity index (χ1v) is 24.9. The van der Waals surface area contributed by atoms with Crippen molar-refractivity contribution in [3.8, 4) is 0 Å². The van der Waals surface area contributed by atoms with Crippen LogP contribution in [0, 0.1) is 4.91 Å². The number of carbonyl (C=O) groups is 2. The van der Waals surface area contributed by atoms with Gasteiger partial charge in [0.2, 0.25) is 0 Å². The molecule has 0 radical (unpaired) electrons. The lowest BCUT2D eigenvalue weighted by atomic mass is 10.0. The molecule has 0 aromatic heterocycles. The number of carbonyl (C=O) groups excluding carboxylic acids is 2. The van der Waals surface area contributed by atoms with E-state index in [1.165, 1.54) is 96.3 Å². The lowest BCUT2D eigenvalue weighted by molar-refractivity contribution is -0.822. The fraction of sp³-hybridized carbons (Fsp3) is 0.938. The molecule has 0 bridgehead atoms. The van der Waals surface area contributed by atoms with Gasteiger partial charge in [0.25, 0.3) is 5.96 Å². The average Bonchev–Trinajstić information content (AvgIpc) is 3.21. The van der Waals surface area contributed by atoms with Crippen LogP contribution in [0.25, 0.3) is 0 Å². The number of ether oxygens (including phenoxy) is 2. The van der Waals surface area contributed by atoms with Gasteiger partial charge in [0.15, 0.2) is 0 Å². The molecule has 0 aliphatic carbocycles. The van der Waals surface area contributed by atoms with E-state index in [-0.39, 0.29) is 23.1 Å². The quantitative estimate of drug-likeness (QED) is 0.0203. The molecule has 0 aromatic carbocycles. The highest BCUT2D eigenvalue weighted by Crippen LogP contribution is 2.19. The molecule has 0 atom stereocenters. The van der Waals surface area contributed by atoms with Crippen LogP contribution in [-0.2, 0) is 19.1 Å². The largest absolute Gasteiger partial charge is 0.466 e. The van der Waals surface area contributed by atoms with Crippen molar-refractivity contribution in [1.82, 2.24) is 15.2 Å². The molecule has 0 aromatic rings. The van der Waals surface area contributed by atoms with Crippen LogP contribution in [-0.4, -0.2) is 90.9 Å². The highest BCUT2D eigenvalue weighted by molar-refractivity contribution is 5.78. The third-order valence-electron chi connectivity index (χ3n) is 11.3. The topological polar surface area (TPSA) is 124 Å². The molecule has 2 N–H and O–H groups in total. The smallest absolute Gasteiger partial charge is 0.362 e. The summed E-state index contributed by atoms with van der Waals surface area (Å²) in [6, 6.07) is 0. The van der Waals surface area contributed by atoms with Gasteiger partial charge in [-0.25, -0.2) is 10.2 Å². The van der Waals surface area contributed by atoms with Crippen molar-refractivity contribution >= 4 is 17.9 Å². The first kappa shape index (κ1) is 56.6. The van der Waals surface area contributed by atoms with Gasteiger partial charge in [-0.15, -0.1) is 0 Å². The molecule has 0 fully saturated rings. The molecule has 0 heterocycles. The minimum Gasteiger partial charge on any atom is -0.466 e. The number of hydrazine groups is 1. The van der Waals surface area contributed by atoms with Gasteiger partial charge >= 0.3 is 17.0 Å². The van der Waals surface area contributed by atoms with E-state index in [4.69, 9.17) is 14.7 Å². The van der Waals surface area contributed by atoms with Crippen LogP contribution >= 0.6 is 0 Å². The van der Waals surface area contributed by atoms with Gasteiger partial charge in [0, 0.05) is 33.5 Å². The molecule has 0 aliphatic rings. The number of nitrogens with zero attached hydrogens (tertiary/aromatic N) is 4. The van der Waals surface area contributed by atoms with Crippen molar-refractivity contribution in [2.45, 2.75) is 245 Å². The molecule has 0 saturated carbocycles. The van der Waals surface area contributed by atoms with E-state index in [1.807, 2.05) is 0 Å². The van der Waals surface area contributed by atoms with Gasteiger partial charge in [-0.05, 0) is 89.3 Å². The molecule has 0 unspecified atom stereocenters. The normalized spacial score (nSPS) is 11.7. The summed E-state index contributed by atoms with van der Waals surface area (Å²) in [5, 5.41) is 8.73. The Kier molecular flexibility index (Phi) is 41.9. The van der Waals surface area contributed by atoms with Crippen LogP contribution in [0.5, 0.6) is 0 Å². The summed E-state index contributed by atoms with van der Waals surface area (Å²) >= 11 is 0. The highest BCUT2D eigenvalue weighted by atomic mass is 16.7. The minimum atomic E-state index is -0.320. The number of unbranched alkanes of at least 4 members (excludes halogenated alkanes) is 24. The van der Waals surface area contributed by atoms with Crippen LogP contribution in [0.4, 0.5) is 0 Å². The molecule has 0 saturated heterocycles. The van der Waals surface area contributed by atoms with E-state index in [0.717, 1.165) is 129 Å². The minimum absolute atomic E-state index is 0.00546. The fourth-order valence-electron chi connectivity index (χ4n) is 7.58. The van der Waals surface area contributed by atoms with Crippen molar-refractivity contribution in [1.29, 1.82) is 0 Å². The van der Waals surface area contributed by atoms with E-state index >= 15 is 0 Å². The molecule has 0 aliphatic heterocycles. The maximum absolute atomic E-state index is 12.8. The van der Waals surface area contributed by atoms with E-state index in [2.05, 4.69) is 36.1 Å². The number of rotatable bonds is 44.